The van der Waals surface area contributed by atoms with E-state index >= 15 is 0 Å². The second-order valence-corrected chi connectivity index (χ2v) is 5.26. The first-order valence-corrected chi connectivity index (χ1v) is 7.29. The van der Waals surface area contributed by atoms with E-state index in [1.54, 1.807) is 6.20 Å². The molecule has 0 saturated heterocycles. The number of nitrogens with zero attached hydrogens (tertiary/aromatic N) is 1. The fraction of sp³-hybridized carbons (Fsp3) is 0.158. The minimum atomic E-state index is -0.298. The molecule has 3 rings (SSSR count). The molecule has 2 aromatic carbocycles. The molecule has 0 aliphatic heterocycles. The molecule has 0 spiro atoms. The lowest BCUT2D eigenvalue weighted by molar-refractivity contribution is -0.146. The number of benzene rings is 2. The van der Waals surface area contributed by atoms with Gasteiger partial charge in [-0.05, 0) is 35.4 Å². The van der Waals surface area contributed by atoms with Crippen LogP contribution in [0.1, 0.15) is 24.1 Å². The molecule has 1 aromatic heterocycles. The van der Waals surface area contributed by atoms with Gasteiger partial charge in [0.1, 0.15) is 6.61 Å². The van der Waals surface area contributed by atoms with E-state index in [2.05, 4.69) is 11.1 Å². The monoisotopic (exact) mass is 291 g/mol. The smallest absolute Gasteiger partial charge is 0.313 e. The van der Waals surface area contributed by atoms with E-state index in [0.717, 1.165) is 16.6 Å². The van der Waals surface area contributed by atoms with Crippen molar-refractivity contribution in [3.8, 4) is 0 Å². The normalized spacial score (nSPS) is 12.0. The highest BCUT2D eigenvalue weighted by atomic mass is 16.5. The SMILES string of the molecule is CC(C(=O)OCc1ccccn1)c1ccc2ccccc2c1. The first kappa shape index (κ1) is 14.3. The van der Waals surface area contributed by atoms with Crippen LogP contribution in [0.3, 0.4) is 0 Å². The van der Waals surface area contributed by atoms with Crippen LogP contribution in [0.2, 0.25) is 0 Å². The molecule has 0 saturated carbocycles. The van der Waals surface area contributed by atoms with Gasteiger partial charge in [0, 0.05) is 6.20 Å². The predicted molar refractivity (Wildman–Crippen MR) is 86.4 cm³/mol. The highest BCUT2D eigenvalue weighted by Crippen LogP contribution is 2.22. The van der Waals surface area contributed by atoms with Crippen molar-refractivity contribution in [3.05, 3.63) is 78.1 Å². The Balaban J connectivity index is 1.71. The van der Waals surface area contributed by atoms with E-state index < -0.39 is 0 Å². The lowest BCUT2D eigenvalue weighted by Crippen LogP contribution is -2.13. The molecule has 0 fully saturated rings. The van der Waals surface area contributed by atoms with Gasteiger partial charge in [-0.1, -0.05) is 48.5 Å². The second-order valence-electron chi connectivity index (χ2n) is 5.26. The molecule has 1 atom stereocenters. The van der Waals surface area contributed by atoms with Crippen molar-refractivity contribution in [2.45, 2.75) is 19.4 Å². The zero-order valence-electron chi connectivity index (χ0n) is 12.4. The van der Waals surface area contributed by atoms with Crippen LogP contribution in [0.5, 0.6) is 0 Å². The quantitative estimate of drug-likeness (QED) is 0.680. The van der Waals surface area contributed by atoms with Crippen molar-refractivity contribution >= 4 is 16.7 Å². The van der Waals surface area contributed by atoms with Gasteiger partial charge in [0.25, 0.3) is 0 Å². The number of hydrogen-bond donors (Lipinski definition) is 0. The first-order valence-electron chi connectivity index (χ1n) is 7.29. The molecule has 110 valence electrons. The summed E-state index contributed by atoms with van der Waals surface area (Å²) in [7, 11) is 0. The van der Waals surface area contributed by atoms with Gasteiger partial charge >= 0.3 is 5.97 Å². The van der Waals surface area contributed by atoms with Crippen LogP contribution in [0, 0.1) is 0 Å². The van der Waals surface area contributed by atoms with E-state index in [4.69, 9.17) is 4.74 Å². The number of carbonyl (C=O) groups is 1. The van der Waals surface area contributed by atoms with Gasteiger partial charge in [-0.25, -0.2) is 0 Å². The highest BCUT2D eigenvalue weighted by molar-refractivity contribution is 5.85. The Morgan fingerprint density at radius 3 is 2.59 bits per heavy atom. The Morgan fingerprint density at radius 1 is 1.05 bits per heavy atom. The summed E-state index contributed by atoms with van der Waals surface area (Å²) >= 11 is 0. The number of pyridine rings is 1. The molecule has 0 aliphatic carbocycles. The Kier molecular flexibility index (Phi) is 4.15. The second kappa shape index (κ2) is 6.39. The molecule has 0 radical (unpaired) electrons. The van der Waals surface area contributed by atoms with Crippen LogP contribution in [-0.4, -0.2) is 11.0 Å². The summed E-state index contributed by atoms with van der Waals surface area (Å²) < 4.78 is 5.35. The van der Waals surface area contributed by atoms with Crippen molar-refractivity contribution in [2.24, 2.45) is 0 Å². The predicted octanol–water partition coefficient (Wildman–Crippen LogP) is 4.08. The van der Waals surface area contributed by atoms with Gasteiger partial charge in [0.15, 0.2) is 0 Å². The van der Waals surface area contributed by atoms with Crippen LogP contribution in [-0.2, 0) is 16.1 Å². The molecule has 0 aliphatic rings. The van der Waals surface area contributed by atoms with Crippen molar-refractivity contribution in [1.82, 2.24) is 4.98 Å². The lowest BCUT2D eigenvalue weighted by Gasteiger charge is -2.12. The number of carbonyl (C=O) groups excluding carboxylic acids is 1. The highest BCUT2D eigenvalue weighted by Gasteiger charge is 2.17. The minimum Gasteiger partial charge on any atom is -0.459 e. The zero-order valence-corrected chi connectivity index (χ0v) is 12.4. The molecule has 0 amide bonds. The maximum Gasteiger partial charge on any atom is 0.313 e. The zero-order chi connectivity index (χ0) is 15.4. The summed E-state index contributed by atoms with van der Waals surface area (Å²) in [5.74, 6) is -0.533. The van der Waals surface area contributed by atoms with Crippen molar-refractivity contribution in [1.29, 1.82) is 0 Å². The summed E-state index contributed by atoms with van der Waals surface area (Å²) in [5.41, 5.74) is 1.71. The largest absolute Gasteiger partial charge is 0.459 e. The Bertz CT molecular complexity index is 784. The van der Waals surface area contributed by atoms with Crippen LogP contribution >= 0.6 is 0 Å². The van der Waals surface area contributed by atoms with E-state index in [9.17, 15) is 4.79 Å². The number of hydrogen-bond acceptors (Lipinski definition) is 3. The number of rotatable bonds is 4. The summed E-state index contributed by atoms with van der Waals surface area (Å²) in [6.07, 6.45) is 1.69. The molecule has 3 nitrogen and oxygen atoms in total. The van der Waals surface area contributed by atoms with Gasteiger partial charge in [-0.3, -0.25) is 9.78 Å². The molecule has 0 bridgehead atoms. The molecule has 3 aromatic rings. The fourth-order valence-electron chi connectivity index (χ4n) is 2.37. The molecule has 0 N–H and O–H groups in total. The number of ether oxygens (including phenoxy) is 1. The van der Waals surface area contributed by atoms with Crippen LogP contribution in [0.15, 0.2) is 66.9 Å². The van der Waals surface area contributed by atoms with Crippen LogP contribution < -0.4 is 0 Å². The van der Waals surface area contributed by atoms with Crippen molar-refractivity contribution in [2.75, 3.05) is 0 Å². The Hall–Kier alpha value is -2.68. The van der Waals surface area contributed by atoms with E-state index in [1.165, 1.54) is 5.39 Å². The van der Waals surface area contributed by atoms with Crippen molar-refractivity contribution in [3.63, 3.8) is 0 Å². The summed E-state index contributed by atoms with van der Waals surface area (Å²) in [5, 5.41) is 2.30. The van der Waals surface area contributed by atoms with Gasteiger partial charge in [-0.15, -0.1) is 0 Å². The Labute approximate surface area is 129 Å². The minimum absolute atomic E-state index is 0.206. The average Bonchev–Trinajstić information content (AvgIpc) is 2.59. The van der Waals surface area contributed by atoms with E-state index in [-0.39, 0.29) is 18.5 Å². The van der Waals surface area contributed by atoms with Crippen molar-refractivity contribution < 1.29 is 9.53 Å². The molecule has 1 unspecified atom stereocenters. The number of esters is 1. The van der Waals surface area contributed by atoms with Crippen LogP contribution in [0.25, 0.3) is 10.8 Å². The number of aromatic nitrogens is 1. The third-order valence-electron chi connectivity index (χ3n) is 3.72. The molecule has 1 heterocycles. The van der Waals surface area contributed by atoms with Gasteiger partial charge in [0.2, 0.25) is 0 Å². The van der Waals surface area contributed by atoms with Gasteiger partial charge < -0.3 is 4.74 Å². The summed E-state index contributed by atoms with van der Waals surface area (Å²) in [6.45, 7) is 2.07. The molecular formula is C19H17NO2. The topological polar surface area (TPSA) is 39.2 Å². The van der Waals surface area contributed by atoms with E-state index in [1.807, 2.05) is 61.5 Å². The summed E-state index contributed by atoms with van der Waals surface area (Å²) in [6, 6.07) is 19.7. The number of fused-ring (bicyclic) bond motifs is 1. The van der Waals surface area contributed by atoms with E-state index in [0.29, 0.717) is 0 Å². The summed E-state index contributed by atoms with van der Waals surface area (Å²) in [4.78, 5) is 16.3. The van der Waals surface area contributed by atoms with Gasteiger partial charge in [0.05, 0.1) is 11.6 Å². The average molecular weight is 291 g/mol. The standard InChI is InChI=1S/C19H17NO2/c1-14(19(21)22-13-18-8-4-5-11-20-18)16-10-9-15-6-2-3-7-17(15)12-16/h2-12,14H,13H2,1H3. The maximum atomic E-state index is 12.2. The molecule has 22 heavy (non-hydrogen) atoms. The third-order valence-corrected chi connectivity index (χ3v) is 3.72. The first-order chi connectivity index (χ1) is 10.7. The van der Waals surface area contributed by atoms with Crippen LogP contribution in [0.4, 0.5) is 0 Å². The third kappa shape index (κ3) is 3.14. The lowest BCUT2D eigenvalue weighted by atomic mass is 9.98. The maximum absolute atomic E-state index is 12.2. The molecule has 3 heteroatoms. The molecular weight excluding hydrogens is 274 g/mol. The van der Waals surface area contributed by atoms with Gasteiger partial charge in [-0.2, -0.15) is 0 Å². The Morgan fingerprint density at radius 2 is 1.82 bits per heavy atom. The fourth-order valence-corrected chi connectivity index (χ4v) is 2.37.